The Hall–Kier alpha value is -1.74. The second-order valence-corrected chi connectivity index (χ2v) is 4.70. The third-order valence-electron chi connectivity index (χ3n) is 2.46. The van der Waals surface area contributed by atoms with Crippen molar-refractivity contribution in [3.63, 3.8) is 0 Å². The van der Waals surface area contributed by atoms with Gasteiger partial charge in [-0.3, -0.25) is 0 Å². The van der Waals surface area contributed by atoms with Crippen LogP contribution in [0.5, 0.6) is 0 Å². The van der Waals surface area contributed by atoms with E-state index in [1.165, 1.54) is 22.3 Å². The van der Waals surface area contributed by atoms with Crippen LogP contribution in [-0.4, -0.2) is 0 Å². The molecule has 1 aromatic rings. The van der Waals surface area contributed by atoms with Crippen molar-refractivity contribution in [3.05, 3.63) is 53.6 Å². The van der Waals surface area contributed by atoms with E-state index in [-0.39, 0.29) is 0 Å². The van der Waals surface area contributed by atoms with Gasteiger partial charge in [0.25, 0.3) is 0 Å². The van der Waals surface area contributed by atoms with E-state index in [0.29, 0.717) is 0 Å². The molecule has 0 saturated carbocycles. The molecule has 0 spiro atoms. The van der Waals surface area contributed by atoms with Crippen LogP contribution in [0.3, 0.4) is 0 Å². The Bertz CT molecular complexity index is 442. The first-order valence-electron chi connectivity index (χ1n) is 7.54. The molecule has 0 amide bonds. The summed E-state index contributed by atoms with van der Waals surface area (Å²) < 4.78 is 0. The molecule has 0 aliphatic carbocycles. The summed E-state index contributed by atoms with van der Waals surface area (Å²) in [4.78, 5) is 0. The van der Waals surface area contributed by atoms with Crippen LogP contribution in [0.25, 0.3) is 5.57 Å². The largest absolute Gasteiger partial charge is 0.120 e. The molecule has 0 saturated heterocycles. The van der Waals surface area contributed by atoms with Crippen LogP contribution in [0, 0.1) is 26.2 Å². The molecule has 118 valence electrons. The van der Waals surface area contributed by atoms with Crippen molar-refractivity contribution in [1.82, 2.24) is 0 Å². The Balaban J connectivity index is -0.000000272. The summed E-state index contributed by atoms with van der Waals surface area (Å²) in [6, 6.07) is 6.44. The van der Waals surface area contributed by atoms with Crippen molar-refractivity contribution in [2.75, 3.05) is 0 Å². The normalized spacial score (nSPS) is 7.57. The Morgan fingerprint density at radius 1 is 1.14 bits per heavy atom. The Morgan fingerprint density at radius 3 is 1.76 bits per heavy atom. The smallest absolute Gasteiger partial charge is 0.00297 e. The lowest BCUT2D eigenvalue weighted by molar-refractivity contribution is 1.11. The Kier molecular flexibility index (Phi) is 18.9. The topological polar surface area (TPSA) is 0 Å². The lowest BCUT2D eigenvalue weighted by Gasteiger charge is -2.05. The predicted octanol–water partition coefficient (Wildman–Crippen LogP) is 6.97. The van der Waals surface area contributed by atoms with Crippen molar-refractivity contribution in [1.29, 1.82) is 0 Å². The Labute approximate surface area is 134 Å². The van der Waals surface area contributed by atoms with Crippen molar-refractivity contribution in [2.45, 2.75) is 61.8 Å². The lowest BCUT2D eigenvalue weighted by Crippen LogP contribution is -1.85. The monoisotopic (exact) mass is 286 g/mol. The molecule has 0 atom stereocenters. The van der Waals surface area contributed by atoms with Gasteiger partial charge in [-0.2, -0.15) is 0 Å². The molecule has 0 aliphatic rings. The number of rotatable bonds is 2. The van der Waals surface area contributed by atoms with Gasteiger partial charge >= 0.3 is 0 Å². The molecule has 0 unspecified atom stereocenters. The maximum absolute atomic E-state index is 4.60. The van der Waals surface area contributed by atoms with E-state index in [1.54, 1.807) is 6.92 Å². The molecular formula is C21H34. The molecule has 1 rings (SSSR count). The zero-order valence-corrected chi connectivity index (χ0v) is 15.4. The van der Waals surface area contributed by atoms with Gasteiger partial charge in [0, 0.05) is 0 Å². The summed E-state index contributed by atoms with van der Waals surface area (Å²) >= 11 is 0. The summed E-state index contributed by atoms with van der Waals surface area (Å²) in [5, 5.41) is 0. The average Bonchev–Trinajstić information content (AvgIpc) is 2.45. The van der Waals surface area contributed by atoms with Crippen LogP contribution in [0.4, 0.5) is 0 Å². The number of hydrogen-bond acceptors (Lipinski definition) is 0. The molecule has 21 heavy (non-hydrogen) atoms. The zero-order chi connectivity index (χ0) is 17.4. The van der Waals surface area contributed by atoms with Gasteiger partial charge < -0.3 is 0 Å². The molecule has 0 aliphatic heterocycles. The second-order valence-electron chi connectivity index (χ2n) is 4.70. The fourth-order valence-electron chi connectivity index (χ4n) is 1.20. The summed E-state index contributed by atoms with van der Waals surface area (Å²) in [6.45, 7) is 23.6. The minimum absolute atomic E-state index is 1.11. The molecular weight excluding hydrogens is 252 g/mol. The summed E-state index contributed by atoms with van der Waals surface area (Å²) in [6.07, 6.45) is 5.71. The van der Waals surface area contributed by atoms with E-state index in [2.05, 4.69) is 64.5 Å². The number of benzene rings is 1. The van der Waals surface area contributed by atoms with Gasteiger partial charge in [0.2, 0.25) is 0 Å². The molecule has 0 heterocycles. The van der Waals surface area contributed by atoms with Crippen LogP contribution in [0.15, 0.2) is 36.9 Å². The van der Waals surface area contributed by atoms with Gasteiger partial charge in [-0.15, -0.1) is 18.9 Å². The van der Waals surface area contributed by atoms with Gasteiger partial charge in [-0.1, -0.05) is 62.3 Å². The van der Waals surface area contributed by atoms with Crippen molar-refractivity contribution >= 4 is 5.57 Å². The fraction of sp³-hybridized carbons (Fsp3) is 0.429. The number of hydrogen-bond donors (Lipinski definition) is 0. The number of aryl methyl sites for hydroxylation is 2. The maximum atomic E-state index is 4.60. The Morgan fingerprint density at radius 2 is 1.52 bits per heavy atom. The molecule has 1 aromatic carbocycles. The van der Waals surface area contributed by atoms with E-state index in [9.17, 15) is 0 Å². The van der Waals surface area contributed by atoms with E-state index < -0.39 is 0 Å². The number of allylic oxidation sites excluding steroid dienone is 2. The highest BCUT2D eigenvalue weighted by Gasteiger charge is 1.97. The second kappa shape index (κ2) is 16.3. The lowest BCUT2D eigenvalue weighted by atomic mass is 10.0. The average molecular weight is 287 g/mol. The summed E-state index contributed by atoms with van der Waals surface area (Å²) in [5.74, 6) is 2.25. The first-order chi connectivity index (χ1) is 9.79. The fourth-order valence-corrected chi connectivity index (χ4v) is 1.20. The SMILES string of the molecule is C#CC.C=C(C)CC.C=C(C)c1cc(C)ccc1C.CC. The highest BCUT2D eigenvalue weighted by atomic mass is 14.0. The van der Waals surface area contributed by atoms with Crippen LogP contribution in [0.1, 0.15) is 64.7 Å². The minimum atomic E-state index is 1.11. The van der Waals surface area contributed by atoms with E-state index in [1.807, 2.05) is 27.7 Å². The van der Waals surface area contributed by atoms with Gasteiger partial charge in [-0.05, 0) is 52.2 Å². The van der Waals surface area contributed by atoms with Crippen LogP contribution < -0.4 is 0 Å². The van der Waals surface area contributed by atoms with Gasteiger partial charge in [-0.25, -0.2) is 0 Å². The predicted molar refractivity (Wildman–Crippen MR) is 102 cm³/mol. The van der Waals surface area contributed by atoms with Crippen molar-refractivity contribution < 1.29 is 0 Å². The van der Waals surface area contributed by atoms with Gasteiger partial charge in [0.05, 0.1) is 0 Å². The summed E-state index contributed by atoms with van der Waals surface area (Å²) in [7, 11) is 0. The molecule has 0 bridgehead atoms. The van der Waals surface area contributed by atoms with Gasteiger partial charge in [0.1, 0.15) is 0 Å². The van der Waals surface area contributed by atoms with Gasteiger partial charge in [0.15, 0.2) is 0 Å². The van der Waals surface area contributed by atoms with E-state index in [0.717, 1.165) is 12.0 Å². The third kappa shape index (κ3) is 16.2. The first kappa shape index (κ1) is 24.3. The molecule has 0 fully saturated rings. The van der Waals surface area contributed by atoms with Crippen LogP contribution >= 0.6 is 0 Å². The highest BCUT2D eigenvalue weighted by molar-refractivity contribution is 5.64. The zero-order valence-electron chi connectivity index (χ0n) is 15.4. The van der Waals surface area contributed by atoms with Crippen molar-refractivity contribution in [3.8, 4) is 12.3 Å². The van der Waals surface area contributed by atoms with Crippen molar-refractivity contribution in [2.24, 2.45) is 0 Å². The standard InChI is InChI=1S/C11H14.C5H10.C3H4.C2H6/c1-8(2)11-7-9(3)5-6-10(11)4;1-4-5(2)3;1-3-2;1-2/h5-7H,1H2,2-4H3;2,4H2,1,3H3;1H,2H3;1-2H3. The first-order valence-corrected chi connectivity index (χ1v) is 7.54. The summed E-state index contributed by atoms with van der Waals surface area (Å²) in [5.41, 5.74) is 6.29. The quantitative estimate of drug-likeness (QED) is 0.406. The molecule has 0 heteroatoms. The maximum Gasteiger partial charge on any atom is -0.00297 e. The van der Waals surface area contributed by atoms with E-state index in [4.69, 9.17) is 0 Å². The molecule has 0 radical (unpaired) electrons. The highest BCUT2D eigenvalue weighted by Crippen LogP contribution is 2.17. The molecule has 0 N–H and O–H groups in total. The molecule has 0 aromatic heterocycles. The molecule has 0 nitrogen and oxygen atoms in total. The minimum Gasteiger partial charge on any atom is -0.120 e. The van der Waals surface area contributed by atoms with E-state index >= 15 is 0 Å². The number of terminal acetylenes is 1. The third-order valence-corrected chi connectivity index (χ3v) is 2.46. The van der Waals surface area contributed by atoms with Crippen LogP contribution in [-0.2, 0) is 0 Å². The van der Waals surface area contributed by atoms with Crippen LogP contribution in [0.2, 0.25) is 0 Å².